The van der Waals surface area contributed by atoms with E-state index in [9.17, 15) is 4.79 Å². The molecule has 0 radical (unpaired) electrons. The fourth-order valence-corrected chi connectivity index (χ4v) is 2.10. The molecule has 20 heavy (non-hydrogen) atoms. The van der Waals surface area contributed by atoms with Crippen molar-refractivity contribution in [2.24, 2.45) is 0 Å². The van der Waals surface area contributed by atoms with Crippen molar-refractivity contribution in [2.45, 2.75) is 13.8 Å². The third kappa shape index (κ3) is 2.75. The summed E-state index contributed by atoms with van der Waals surface area (Å²) in [6.45, 7) is 7.56. The van der Waals surface area contributed by atoms with E-state index in [-0.39, 0.29) is 10.5 Å². The second-order valence-electron chi connectivity index (χ2n) is 4.38. The summed E-state index contributed by atoms with van der Waals surface area (Å²) in [5.74, 6) is 0.487. The van der Waals surface area contributed by atoms with Crippen LogP contribution in [0, 0.1) is 13.8 Å². The third-order valence-corrected chi connectivity index (χ3v) is 3.33. The number of ether oxygens (including phenoxy) is 1. The lowest BCUT2D eigenvalue weighted by Gasteiger charge is -2.09. The summed E-state index contributed by atoms with van der Waals surface area (Å²) < 4.78 is 5.31. The molecule has 0 bridgehead atoms. The molecule has 0 fully saturated rings. The van der Waals surface area contributed by atoms with Crippen molar-refractivity contribution >= 4 is 11.6 Å². The van der Waals surface area contributed by atoms with Gasteiger partial charge in [0.25, 0.3) is 0 Å². The molecule has 0 aliphatic rings. The lowest BCUT2D eigenvalue weighted by molar-refractivity contribution is 0.349. The van der Waals surface area contributed by atoms with E-state index in [4.69, 9.17) is 16.3 Å². The Hall–Kier alpha value is -2.07. The van der Waals surface area contributed by atoms with Crippen LogP contribution in [-0.2, 0) is 0 Å². The average molecular weight is 291 g/mol. The quantitative estimate of drug-likeness (QED) is 0.879. The molecule has 0 saturated heterocycles. The first-order chi connectivity index (χ1) is 9.54. The van der Waals surface area contributed by atoms with Gasteiger partial charge < -0.3 is 9.72 Å². The zero-order valence-corrected chi connectivity index (χ0v) is 12.1. The molecule has 2 aromatic rings. The number of H-pyrrole nitrogens is 1. The van der Waals surface area contributed by atoms with Crippen molar-refractivity contribution < 1.29 is 4.74 Å². The van der Waals surface area contributed by atoms with Gasteiger partial charge in [-0.3, -0.25) is 4.79 Å². The standard InChI is InChI=1S/C15H15ClN2O2/c1-4-7-20-12-6-5-11(8-17-12)13-9(2)18-10(3)14(16)15(13)19/h4-6,8H,1,7H2,2-3H3,(H,18,19). The van der Waals surface area contributed by atoms with Gasteiger partial charge in [-0.1, -0.05) is 24.3 Å². The third-order valence-electron chi connectivity index (χ3n) is 2.88. The summed E-state index contributed by atoms with van der Waals surface area (Å²) in [7, 11) is 0. The summed E-state index contributed by atoms with van der Waals surface area (Å²) in [5, 5.41) is 0.206. The Bertz CT molecular complexity index is 690. The van der Waals surface area contributed by atoms with Crippen molar-refractivity contribution in [3.63, 3.8) is 0 Å². The molecule has 0 aromatic carbocycles. The fraction of sp³-hybridized carbons (Fsp3) is 0.200. The number of halogens is 1. The van der Waals surface area contributed by atoms with E-state index in [0.29, 0.717) is 29.3 Å². The molecule has 104 valence electrons. The van der Waals surface area contributed by atoms with Gasteiger partial charge >= 0.3 is 0 Å². The molecular formula is C15H15ClN2O2. The fourth-order valence-electron chi connectivity index (χ4n) is 1.95. The monoisotopic (exact) mass is 290 g/mol. The Morgan fingerprint density at radius 1 is 1.40 bits per heavy atom. The normalized spacial score (nSPS) is 10.3. The summed E-state index contributed by atoms with van der Waals surface area (Å²) in [4.78, 5) is 19.5. The van der Waals surface area contributed by atoms with Gasteiger partial charge in [0.15, 0.2) is 0 Å². The first-order valence-corrected chi connectivity index (χ1v) is 6.51. The van der Waals surface area contributed by atoms with Gasteiger partial charge in [-0.25, -0.2) is 4.98 Å². The largest absolute Gasteiger partial charge is 0.473 e. The average Bonchev–Trinajstić information content (AvgIpc) is 2.44. The maximum absolute atomic E-state index is 12.2. The highest BCUT2D eigenvalue weighted by Gasteiger charge is 2.13. The molecule has 0 amide bonds. The minimum atomic E-state index is -0.193. The summed E-state index contributed by atoms with van der Waals surface area (Å²) in [6.07, 6.45) is 3.24. The molecule has 1 N–H and O–H groups in total. The number of aryl methyl sites for hydroxylation is 2. The van der Waals surface area contributed by atoms with Gasteiger partial charge in [-0.15, -0.1) is 0 Å². The van der Waals surface area contributed by atoms with E-state index in [1.807, 2.05) is 6.92 Å². The van der Waals surface area contributed by atoms with Crippen LogP contribution in [0.1, 0.15) is 11.4 Å². The highest BCUT2D eigenvalue weighted by molar-refractivity contribution is 6.31. The van der Waals surface area contributed by atoms with E-state index < -0.39 is 0 Å². The topological polar surface area (TPSA) is 55.0 Å². The minimum Gasteiger partial charge on any atom is -0.473 e. The number of rotatable bonds is 4. The number of aromatic amines is 1. The van der Waals surface area contributed by atoms with Crippen LogP contribution in [0.2, 0.25) is 5.02 Å². The predicted octanol–water partition coefficient (Wildman–Crippen LogP) is 3.27. The van der Waals surface area contributed by atoms with Crippen molar-refractivity contribution in [1.82, 2.24) is 9.97 Å². The summed E-state index contributed by atoms with van der Waals surface area (Å²) in [6, 6.07) is 3.50. The van der Waals surface area contributed by atoms with Crippen LogP contribution < -0.4 is 10.2 Å². The number of pyridine rings is 2. The molecule has 2 rings (SSSR count). The molecule has 0 unspecified atom stereocenters. The summed E-state index contributed by atoms with van der Waals surface area (Å²) in [5.41, 5.74) is 2.47. The van der Waals surface area contributed by atoms with E-state index in [2.05, 4.69) is 16.5 Å². The van der Waals surface area contributed by atoms with Gasteiger partial charge in [0.1, 0.15) is 11.6 Å². The lowest BCUT2D eigenvalue weighted by atomic mass is 10.1. The molecule has 5 heteroatoms. The Balaban J connectivity index is 2.44. The number of nitrogens with zero attached hydrogens (tertiary/aromatic N) is 1. The van der Waals surface area contributed by atoms with Crippen LogP contribution >= 0.6 is 11.6 Å². The Kier molecular flexibility index (Phi) is 4.25. The molecular weight excluding hydrogens is 276 g/mol. The number of hydrogen-bond donors (Lipinski definition) is 1. The molecule has 4 nitrogen and oxygen atoms in total. The van der Waals surface area contributed by atoms with Crippen LogP contribution in [0.15, 0.2) is 35.8 Å². The maximum atomic E-state index is 12.2. The minimum absolute atomic E-state index is 0.193. The Morgan fingerprint density at radius 3 is 2.75 bits per heavy atom. The molecule has 0 saturated carbocycles. The molecule has 0 spiro atoms. The highest BCUT2D eigenvalue weighted by atomic mass is 35.5. The predicted molar refractivity (Wildman–Crippen MR) is 80.5 cm³/mol. The first kappa shape index (κ1) is 14.3. The number of aromatic nitrogens is 2. The van der Waals surface area contributed by atoms with Crippen molar-refractivity contribution in [1.29, 1.82) is 0 Å². The van der Waals surface area contributed by atoms with E-state index in [1.165, 1.54) is 0 Å². The first-order valence-electron chi connectivity index (χ1n) is 6.13. The van der Waals surface area contributed by atoms with Crippen LogP contribution in [-0.4, -0.2) is 16.6 Å². The van der Waals surface area contributed by atoms with Gasteiger partial charge in [0.05, 0.1) is 5.56 Å². The highest BCUT2D eigenvalue weighted by Crippen LogP contribution is 2.22. The molecule has 0 aliphatic carbocycles. The molecule has 0 aliphatic heterocycles. The number of nitrogens with one attached hydrogen (secondary N) is 1. The zero-order chi connectivity index (χ0) is 14.7. The van der Waals surface area contributed by atoms with E-state index >= 15 is 0 Å². The molecule has 2 heterocycles. The van der Waals surface area contributed by atoms with Gasteiger partial charge in [-0.05, 0) is 19.9 Å². The van der Waals surface area contributed by atoms with Crippen LogP contribution in [0.4, 0.5) is 0 Å². The Labute approximate surface area is 122 Å². The van der Waals surface area contributed by atoms with Crippen molar-refractivity contribution in [3.8, 4) is 17.0 Å². The van der Waals surface area contributed by atoms with Crippen molar-refractivity contribution in [2.75, 3.05) is 6.61 Å². The van der Waals surface area contributed by atoms with Crippen LogP contribution in [0.5, 0.6) is 5.88 Å². The second-order valence-corrected chi connectivity index (χ2v) is 4.76. The maximum Gasteiger partial charge on any atom is 0.213 e. The molecule has 2 aromatic heterocycles. The van der Waals surface area contributed by atoms with Gasteiger partial charge in [0, 0.05) is 29.2 Å². The smallest absolute Gasteiger partial charge is 0.213 e. The molecule has 0 atom stereocenters. The van der Waals surface area contributed by atoms with Gasteiger partial charge in [0.2, 0.25) is 11.3 Å². The lowest BCUT2D eigenvalue weighted by Crippen LogP contribution is -2.11. The van der Waals surface area contributed by atoms with E-state index in [1.54, 1.807) is 31.3 Å². The summed E-state index contributed by atoms with van der Waals surface area (Å²) >= 11 is 6.00. The zero-order valence-electron chi connectivity index (χ0n) is 11.4. The Morgan fingerprint density at radius 2 is 2.15 bits per heavy atom. The van der Waals surface area contributed by atoms with Crippen LogP contribution in [0.25, 0.3) is 11.1 Å². The van der Waals surface area contributed by atoms with E-state index in [0.717, 1.165) is 5.69 Å². The van der Waals surface area contributed by atoms with Gasteiger partial charge in [-0.2, -0.15) is 0 Å². The van der Waals surface area contributed by atoms with Crippen molar-refractivity contribution in [3.05, 3.63) is 57.6 Å². The number of hydrogen-bond acceptors (Lipinski definition) is 3. The SMILES string of the molecule is C=CCOc1ccc(-c2c(C)[nH]c(C)c(Cl)c2=O)cn1. The van der Waals surface area contributed by atoms with Crippen LogP contribution in [0.3, 0.4) is 0 Å². The second kappa shape index (κ2) is 5.92.